The summed E-state index contributed by atoms with van der Waals surface area (Å²) >= 11 is 0. The molecule has 0 spiro atoms. The zero-order chi connectivity index (χ0) is 18.4. The fraction of sp³-hybridized carbons (Fsp3) is 0.350. The number of halogens is 1. The van der Waals surface area contributed by atoms with Crippen LogP contribution in [0.5, 0.6) is 17.2 Å². The summed E-state index contributed by atoms with van der Waals surface area (Å²) < 4.78 is 11.1. The second-order valence-electron chi connectivity index (χ2n) is 6.96. The average Bonchev–Trinajstić information content (AvgIpc) is 2.60. The lowest BCUT2D eigenvalue weighted by atomic mass is 9.87. The second-order valence-corrected chi connectivity index (χ2v) is 6.96. The number of benzene rings is 2. The molecule has 3 N–H and O–H groups in total. The lowest BCUT2D eigenvalue weighted by molar-refractivity contribution is -0.124. The number of rotatable bonds is 6. The van der Waals surface area contributed by atoms with Gasteiger partial charge >= 0.3 is 0 Å². The molecule has 0 bridgehead atoms. The van der Waals surface area contributed by atoms with E-state index in [1.807, 2.05) is 69.3 Å². The van der Waals surface area contributed by atoms with Crippen molar-refractivity contribution in [3.05, 3.63) is 54.1 Å². The number of nitrogens with one attached hydrogen (secondary N) is 1. The molecule has 0 saturated heterocycles. The van der Waals surface area contributed by atoms with Crippen molar-refractivity contribution >= 4 is 18.3 Å². The molecule has 0 saturated carbocycles. The van der Waals surface area contributed by atoms with Crippen LogP contribution in [0.25, 0.3) is 0 Å². The van der Waals surface area contributed by atoms with E-state index in [0.717, 1.165) is 5.56 Å². The highest BCUT2D eigenvalue weighted by Crippen LogP contribution is 2.30. The van der Waals surface area contributed by atoms with Crippen molar-refractivity contribution in [3.63, 3.8) is 0 Å². The largest absolute Gasteiger partial charge is 0.493 e. The van der Waals surface area contributed by atoms with Gasteiger partial charge in [0.05, 0.1) is 13.2 Å². The monoisotopic (exact) mass is 378 g/mol. The number of hydrogen-bond acceptors (Lipinski definition) is 4. The fourth-order valence-electron chi connectivity index (χ4n) is 2.20. The van der Waals surface area contributed by atoms with Gasteiger partial charge in [-0.15, -0.1) is 12.4 Å². The number of amides is 1. The molecule has 0 aliphatic heterocycles. The highest BCUT2D eigenvalue weighted by atomic mass is 35.5. The molecule has 2 aromatic rings. The summed E-state index contributed by atoms with van der Waals surface area (Å²) in [6.07, 6.45) is 0. The van der Waals surface area contributed by atoms with Gasteiger partial charge in [0.25, 0.3) is 0 Å². The zero-order valence-electron chi connectivity index (χ0n) is 15.6. The molecule has 1 amide bonds. The Morgan fingerprint density at radius 2 is 1.65 bits per heavy atom. The Hall–Kier alpha value is -2.24. The third-order valence-electron chi connectivity index (χ3n) is 3.90. The molecule has 0 heterocycles. The topological polar surface area (TPSA) is 73.6 Å². The first kappa shape index (κ1) is 21.8. The first-order chi connectivity index (χ1) is 11.8. The maximum absolute atomic E-state index is 12.1. The van der Waals surface area contributed by atoms with Crippen molar-refractivity contribution < 1.29 is 14.3 Å². The average molecular weight is 379 g/mol. The summed E-state index contributed by atoms with van der Waals surface area (Å²) in [5.74, 6) is 1.88. The van der Waals surface area contributed by atoms with Crippen LogP contribution in [0.3, 0.4) is 0 Å². The van der Waals surface area contributed by atoms with E-state index in [9.17, 15) is 4.79 Å². The summed E-state index contributed by atoms with van der Waals surface area (Å²) in [5, 5.41) is 2.87. The highest BCUT2D eigenvalue weighted by molar-refractivity contribution is 5.85. The maximum atomic E-state index is 12.1. The predicted octanol–water partition coefficient (Wildman–Crippen LogP) is 3.90. The molecular formula is C20H27ClN2O3. The summed E-state index contributed by atoms with van der Waals surface area (Å²) in [6, 6.07) is 14.5. The van der Waals surface area contributed by atoms with Crippen LogP contribution < -0.4 is 20.5 Å². The Morgan fingerprint density at radius 1 is 1.08 bits per heavy atom. The van der Waals surface area contributed by atoms with Gasteiger partial charge in [-0.25, -0.2) is 0 Å². The van der Waals surface area contributed by atoms with Crippen molar-refractivity contribution in [3.8, 4) is 17.2 Å². The lowest BCUT2D eigenvalue weighted by Crippen LogP contribution is -2.48. The van der Waals surface area contributed by atoms with Gasteiger partial charge in [0.15, 0.2) is 11.5 Å². The minimum Gasteiger partial charge on any atom is -0.493 e. The Kier molecular flexibility index (Phi) is 7.93. The van der Waals surface area contributed by atoms with Gasteiger partial charge in [0, 0.05) is 6.54 Å². The molecule has 0 aliphatic carbocycles. The van der Waals surface area contributed by atoms with Crippen LogP contribution in [0.15, 0.2) is 48.5 Å². The van der Waals surface area contributed by atoms with Gasteiger partial charge in [0.1, 0.15) is 5.75 Å². The molecule has 0 fully saturated rings. The molecule has 142 valence electrons. The van der Waals surface area contributed by atoms with Crippen molar-refractivity contribution in [2.24, 2.45) is 11.1 Å². The van der Waals surface area contributed by atoms with Crippen LogP contribution in [0.4, 0.5) is 0 Å². The van der Waals surface area contributed by atoms with Crippen LogP contribution in [0, 0.1) is 5.41 Å². The molecule has 0 aromatic heterocycles. The maximum Gasteiger partial charge on any atom is 0.237 e. The third kappa shape index (κ3) is 5.93. The highest BCUT2D eigenvalue weighted by Gasteiger charge is 2.27. The van der Waals surface area contributed by atoms with E-state index >= 15 is 0 Å². The minimum atomic E-state index is -0.541. The quantitative estimate of drug-likeness (QED) is 0.799. The van der Waals surface area contributed by atoms with Gasteiger partial charge < -0.3 is 20.5 Å². The Morgan fingerprint density at radius 3 is 2.19 bits per heavy atom. The van der Waals surface area contributed by atoms with Crippen molar-refractivity contribution in [2.75, 3.05) is 7.11 Å². The molecule has 0 radical (unpaired) electrons. The number of ether oxygens (including phenoxy) is 2. The van der Waals surface area contributed by atoms with E-state index in [1.165, 1.54) is 0 Å². The van der Waals surface area contributed by atoms with E-state index < -0.39 is 6.04 Å². The fourth-order valence-corrected chi connectivity index (χ4v) is 2.20. The van der Waals surface area contributed by atoms with Gasteiger partial charge in [0.2, 0.25) is 5.91 Å². The molecule has 0 unspecified atom stereocenters. The van der Waals surface area contributed by atoms with Crippen LogP contribution in [0.2, 0.25) is 0 Å². The second kappa shape index (κ2) is 9.46. The zero-order valence-corrected chi connectivity index (χ0v) is 16.4. The predicted molar refractivity (Wildman–Crippen MR) is 106 cm³/mol. The standard InChI is InChI=1S/C20H26N2O3.ClH/c1-20(2,3)18(21)19(23)22-13-14-9-11-15(12-10-14)25-17-8-6-5-7-16(17)24-4;/h5-12,18H,13,21H2,1-4H3,(H,22,23);1H/t18-;/m1./s1. The molecule has 0 aliphatic rings. The van der Waals surface area contributed by atoms with Gasteiger partial charge in [-0.05, 0) is 35.2 Å². The first-order valence-corrected chi connectivity index (χ1v) is 8.24. The Bertz CT molecular complexity index is 712. The van der Waals surface area contributed by atoms with E-state index in [4.69, 9.17) is 15.2 Å². The van der Waals surface area contributed by atoms with E-state index in [-0.39, 0.29) is 23.7 Å². The van der Waals surface area contributed by atoms with E-state index in [1.54, 1.807) is 7.11 Å². The molecular weight excluding hydrogens is 352 g/mol. The normalized spacial score (nSPS) is 11.9. The molecule has 26 heavy (non-hydrogen) atoms. The van der Waals surface area contributed by atoms with E-state index in [2.05, 4.69) is 5.32 Å². The SMILES string of the molecule is COc1ccccc1Oc1ccc(CNC(=O)[C@@H](N)C(C)(C)C)cc1.Cl. The summed E-state index contributed by atoms with van der Waals surface area (Å²) in [6.45, 7) is 6.27. The lowest BCUT2D eigenvalue weighted by Gasteiger charge is -2.25. The minimum absolute atomic E-state index is 0. The smallest absolute Gasteiger partial charge is 0.237 e. The molecule has 5 nitrogen and oxygen atoms in total. The Labute approximate surface area is 161 Å². The number of methoxy groups -OCH3 is 1. The summed E-state index contributed by atoms with van der Waals surface area (Å²) in [7, 11) is 1.61. The molecule has 2 aromatic carbocycles. The van der Waals surface area contributed by atoms with Crippen LogP contribution in [0.1, 0.15) is 26.3 Å². The third-order valence-corrected chi connectivity index (χ3v) is 3.90. The van der Waals surface area contributed by atoms with Gasteiger partial charge in [-0.1, -0.05) is 45.0 Å². The van der Waals surface area contributed by atoms with Crippen LogP contribution >= 0.6 is 12.4 Å². The number of carbonyl (C=O) groups excluding carboxylic acids is 1. The van der Waals surface area contributed by atoms with E-state index in [0.29, 0.717) is 23.8 Å². The van der Waals surface area contributed by atoms with Crippen molar-refractivity contribution in [1.29, 1.82) is 0 Å². The molecule has 2 rings (SSSR count). The van der Waals surface area contributed by atoms with Crippen molar-refractivity contribution in [1.82, 2.24) is 5.32 Å². The summed E-state index contributed by atoms with van der Waals surface area (Å²) in [4.78, 5) is 12.1. The first-order valence-electron chi connectivity index (χ1n) is 8.24. The Balaban J connectivity index is 0.00000338. The number of hydrogen-bond donors (Lipinski definition) is 2. The number of para-hydroxylation sites is 2. The molecule has 6 heteroatoms. The number of nitrogens with two attached hydrogens (primary N) is 1. The summed E-state index contributed by atoms with van der Waals surface area (Å²) in [5.41, 5.74) is 6.66. The van der Waals surface area contributed by atoms with Crippen LogP contribution in [-0.4, -0.2) is 19.1 Å². The van der Waals surface area contributed by atoms with Crippen molar-refractivity contribution in [2.45, 2.75) is 33.4 Å². The molecule has 1 atom stereocenters. The van der Waals surface area contributed by atoms with Crippen LogP contribution in [-0.2, 0) is 11.3 Å². The van der Waals surface area contributed by atoms with Gasteiger partial charge in [-0.3, -0.25) is 4.79 Å². The van der Waals surface area contributed by atoms with Gasteiger partial charge in [-0.2, -0.15) is 0 Å². The number of carbonyl (C=O) groups is 1.